The van der Waals surface area contributed by atoms with E-state index in [1.165, 1.54) is 4.90 Å². The van der Waals surface area contributed by atoms with Gasteiger partial charge in [0, 0.05) is 19.1 Å². The van der Waals surface area contributed by atoms with Gasteiger partial charge in [-0.05, 0) is 30.7 Å². The molecule has 0 aliphatic rings. The first kappa shape index (κ1) is 15.3. The number of nitrogens with zero attached hydrogens (tertiary/aromatic N) is 1. The Labute approximate surface area is 117 Å². The predicted octanol–water partition coefficient (Wildman–Crippen LogP) is 1.66. The summed E-state index contributed by atoms with van der Waals surface area (Å²) in [5, 5.41) is 0.631. The minimum Gasteiger partial charge on any atom is -0.482 e. The summed E-state index contributed by atoms with van der Waals surface area (Å²) in [6.07, 6.45) is 0. The Kier molecular flexibility index (Phi) is 5.63. The monoisotopic (exact) mass is 285 g/mol. The number of ether oxygens (including phenoxy) is 2. The lowest BCUT2D eigenvalue weighted by atomic mass is 10.2. The number of hydrogen-bond donors (Lipinski definition) is 0. The van der Waals surface area contributed by atoms with Crippen LogP contribution in [0.4, 0.5) is 0 Å². The second kappa shape index (κ2) is 6.99. The smallest absolute Gasteiger partial charge is 0.344 e. The molecule has 0 aliphatic heterocycles. The van der Waals surface area contributed by atoms with Gasteiger partial charge in [-0.25, -0.2) is 4.79 Å². The summed E-state index contributed by atoms with van der Waals surface area (Å²) in [4.78, 5) is 23.9. The SMILES string of the molecule is Cc1cc(OCC(=O)OCC(=O)N(C)C)ccc1Cl. The van der Waals surface area contributed by atoms with E-state index >= 15 is 0 Å². The number of carbonyl (C=O) groups excluding carboxylic acids is 2. The average Bonchev–Trinajstić information content (AvgIpc) is 2.37. The van der Waals surface area contributed by atoms with Gasteiger partial charge in [0.15, 0.2) is 13.2 Å². The van der Waals surface area contributed by atoms with Crippen LogP contribution in [0, 0.1) is 6.92 Å². The Morgan fingerprint density at radius 1 is 1.26 bits per heavy atom. The number of amides is 1. The summed E-state index contributed by atoms with van der Waals surface area (Å²) >= 11 is 5.87. The zero-order chi connectivity index (χ0) is 14.4. The molecule has 19 heavy (non-hydrogen) atoms. The highest BCUT2D eigenvalue weighted by atomic mass is 35.5. The molecule has 1 amide bonds. The number of hydrogen-bond acceptors (Lipinski definition) is 4. The largest absolute Gasteiger partial charge is 0.482 e. The van der Waals surface area contributed by atoms with Crippen LogP contribution in [0.1, 0.15) is 5.56 Å². The van der Waals surface area contributed by atoms with Crippen LogP contribution in [0.2, 0.25) is 5.02 Å². The summed E-state index contributed by atoms with van der Waals surface area (Å²) in [6, 6.07) is 5.07. The third-order valence-electron chi connectivity index (χ3n) is 2.34. The summed E-state index contributed by atoms with van der Waals surface area (Å²) < 4.78 is 10.00. The number of carbonyl (C=O) groups is 2. The first-order valence-electron chi connectivity index (χ1n) is 5.65. The van der Waals surface area contributed by atoms with Crippen molar-refractivity contribution < 1.29 is 19.1 Å². The van der Waals surface area contributed by atoms with Gasteiger partial charge < -0.3 is 14.4 Å². The summed E-state index contributed by atoms with van der Waals surface area (Å²) in [5.41, 5.74) is 0.857. The molecule has 1 aromatic carbocycles. The number of likely N-dealkylation sites (N-methyl/N-ethyl adjacent to an activating group) is 1. The molecule has 0 saturated heterocycles. The van der Waals surface area contributed by atoms with E-state index in [1.807, 2.05) is 6.92 Å². The zero-order valence-electron chi connectivity index (χ0n) is 11.1. The first-order valence-corrected chi connectivity index (χ1v) is 6.02. The molecule has 0 atom stereocenters. The summed E-state index contributed by atoms with van der Waals surface area (Å²) in [7, 11) is 3.17. The highest BCUT2D eigenvalue weighted by Crippen LogP contribution is 2.20. The van der Waals surface area contributed by atoms with Crippen molar-refractivity contribution in [2.24, 2.45) is 0 Å². The Morgan fingerprint density at radius 3 is 2.53 bits per heavy atom. The summed E-state index contributed by atoms with van der Waals surface area (Å²) in [6.45, 7) is 1.31. The number of esters is 1. The number of aryl methyl sites for hydroxylation is 1. The quantitative estimate of drug-likeness (QED) is 0.772. The van der Waals surface area contributed by atoms with Gasteiger partial charge in [0.25, 0.3) is 5.91 Å². The fraction of sp³-hybridized carbons (Fsp3) is 0.385. The van der Waals surface area contributed by atoms with Crippen molar-refractivity contribution in [1.29, 1.82) is 0 Å². The van der Waals surface area contributed by atoms with Crippen LogP contribution in [0.3, 0.4) is 0 Å². The molecule has 0 radical (unpaired) electrons. The molecule has 1 aromatic rings. The van der Waals surface area contributed by atoms with Crippen LogP contribution >= 0.6 is 11.6 Å². The highest BCUT2D eigenvalue weighted by molar-refractivity contribution is 6.31. The Morgan fingerprint density at radius 2 is 1.95 bits per heavy atom. The minimum absolute atomic E-state index is 0.248. The molecule has 0 aromatic heterocycles. The molecule has 0 bridgehead atoms. The van der Waals surface area contributed by atoms with E-state index in [2.05, 4.69) is 0 Å². The fourth-order valence-electron chi connectivity index (χ4n) is 1.16. The summed E-state index contributed by atoms with van der Waals surface area (Å²) in [5.74, 6) is -0.351. The van der Waals surface area contributed by atoms with Gasteiger partial charge in [-0.3, -0.25) is 4.79 Å². The second-order valence-corrected chi connectivity index (χ2v) is 4.56. The molecular weight excluding hydrogens is 270 g/mol. The van der Waals surface area contributed by atoms with Crippen molar-refractivity contribution >= 4 is 23.5 Å². The van der Waals surface area contributed by atoms with Gasteiger partial charge in [-0.15, -0.1) is 0 Å². The van der Waals surface area contributed by atoms with Crippen LogP contribution in [0.25, 0.3) is 0 Å². The Balaban J connectivity index is 2.38. The lowest BCUT2D eigenvalue weighted by molar-refractivity contribution is -0.152. The van der Waals surface area contributed by atoms with Gasteiger partial charge >= 0.3 is 5.97 Å². The Bertz CT molecular complexity index is 474. The predicted molar refractivity (Wildman–Crippen MR) is 71.3 cm³/mol. The molecule has 0 unspecified atom stereocenters. The van der Waals surface area contributed by atoms with Crippen molar-refractivity contribution in [3.05, 3.63) is 28.8 Å². The zero-order valence-corrected chi connectivity index (χ0v) is 11.9. The average molecular weight is 286 g/mol. The van der Waals surface area contributed by atoms with E-state index in [0.717, 1.165) is 5.56 Å². The molecule has 0 spiro atoms. The third kappa shape index (κ3) is 5.18. The Hall–Kier alpha value is -1.75. The van der Waals surface area contributed by atoms with Gasteiger partial charge in [-0.2, -0.15) is 0 Å². The van der Waals surface area contributed by atoms with Gasteiger partial charge in [-0.1, -0.05) is 11.6 Å². The van der Waals surface area contributed by atoms with E-state index in [0.29, 0.717) is 10.8 Å². The normalized spacial score (nSPS) is 9.89. The van der Waals surface area contributed by atoms with E-state index in [-0.39, 0.29) is 19.1 Å². The first-order chi connectivity index (χ1) is 8.90. The van der Waals surface area contributed by atoms with Crippen molar-refractivity contribution in [2.45, 2.75) is 6.92 Å². The number of rotatable bonds is 5. The van der Waals surface area contributed by atoms with Crippen LogP contribution in [0.5, 0.6) is 5.75 Å². The van der Waals surface area contributed by atoms with Crippen molar-refractivity contribution in [1.82, 2.24) is 4.90 Å². The number of benzene rings is 1. The maximum absolute atomic E-state index is 11.4. The van der Waals surface area contributed by atoms with Crippen LogP contribution < -0.4 is 4.74 Å². The maximum Gasteiger partial charge on any atom is 0.344 e. The van der Waals surface area contributed by atoms with E-state index in [1.54, 1.807) is 32.3 Å². The van der Waals surface area contributed by atoms with Gasteiger partial charge in [0.2, 0.25) is 0 Å². The highest BCUT2D eigenvalue weighted by Gasteiger charge is 2.10. The molecule has 0 N–H and O–H groups in total. The molecule has 0 aliphatic carbocycles. The minimum atomic E-state index is -0.595. The molecule has 5 nitrogen and oxygen atoms in total. The molecule has 0 saturated carbocycles. The maximum atomic E-state index is 11.4. The molecule has 6 heteroatoms. The fourth-order valence-corrected chi connectivity index (χ4v) is 1.28. The van der Waals surface area contributed by atoms with E-state index < -0.39 is 5.97 Å². The molecule has 1 rings (SSSR count). The van der Waals surface area contributed by atoms with Gasteiger partial charge in [0.1, 0.15) is 5.75 Å². The van der Waals surface area contributed by atoms with Crippen molar-refractivity contribution in [3.8, 4) is 5.75 Å². The molecular formula is C13H16ClNO4. The van der Waals surface area contributed by atoms with Crippen LogP contribution in [-0.4, -0.2) is 44.1 Å². The van der Waals surface area contributed by atoms with E-state index in [4.69, 9.17) is 21.1 Å². The van der Waals surface area contributed by atoms with Crippen molar-refractivity contribution in [2.75, 3.05) is 27.3 Å². The van der Waals surface area contributed by atoms with E-state index in [9.17, 15) is 9.59 Å². The topological polar surface area (TPSA) is 55.8 Å². The van der Waals surface area contributed by atoms with Crippen LogP contribution in [-0.2, 0) is 14.3 Å². The standard InChI is InChI=1S/C13H16ClNO4/c1-9-6-10(4-5-11(9)14)18-8-13(17)19-7-12(16)15(2)3/h4-6H,7-8H2,1-3H3. The van der Waals surface area contributed by atoms with Crippen LogP contribution in [0.15, 0.2) is 18.2 Å². The molecule has 0 heterocycles. The second-order valence-electron chi connectivity index (χ2n) is 4.15. The third-order valence-corrected chi connectivity index (χ3v) is 2.77. The molecule has 0 fully saturated rings. The lowest BCUT2D eigenvalue weighted by Crippen LogP contribution is -2.28. The number of halogens is 1. The van der Waals surface area contributed by atoms with Crippen molar-refractivity contribution in [3.63, 3.8) is 0 Å². The van der Waals surface area contributed by atoms with Gasteiger partial charge in [0.05, 0.1) is 0 Å². The lowest BCUT2D eigenvalue weighted by Gasteiger charge is -2.11. The molecule has 104 valence electrons.